The van der Waals surface area contributed by atoms with Gasteiger partial charge in [0.05, 0.1) is 0 Å². The van der Waals surface area contributed by atoms with Crippen molar-refractivity contribution in [1.29, 1.82) is 0 Å². The molecule has 0 aromatic carbocycles. The van der Waals surface area contributed by atoms with Gasteiger partial charge in [-0.3, -0.25) is 9.69 Å². The van der Waals surface area contributed by atoms with Crippen molar-refractivity contribution < 1.29 is 4.79 Å². The average molecular weight is 295 g/mol. The second kappa shape index (κ2) is 8.14. The number of nitrogens with two attached hydrogens (primary N) is 1. The second-order valence-corrected chi connectivity index (χ2v) is 7.15. The van der Waals surface area contributed by atoms with Crippen LogP contribution in [0.3, 0.4) is 0 Å². The number of rotatable bonds is 6. The predicted molar refractivity (Wildman–Crippen MR) is 87.0 cm³/mol. The topological polar surface area (TPSA) is 49.6 Å². The van der Waals surface area contributed by atoms with Gasteiger partial charge in [0.15, 0.2) is 0 Å². The fourth-order valence-corrected chi connectivity index (χ4v) is 3.87. The molecule has 1 amide bonds. The van der Waals surface area contributed by atoms with E-state index in [1.54, 1.807) is 0 Å². The zero-order valence-corrected chi connectivity index (χ0v) is 13.9. The second-order valence-electron chi connectivity index (χ2n) is 7.15. The fraction of sp³-hybridized carbons (Fsp3) is 0.941. The van der Waals surface area contributed by atoms with Crippen molar-refractivity contribution in [1.82, 2.24) is 9.80 Å². The standard InChI is InChI=1S/C17H33N3O/c1-14(2)15(8-9-18)6-7-17(21)20-12-11-19-10-4-3-5-16(19)13-20/h14-16H,3-13,18H2,1-2H3. The Balaban J connectivity index is 1.77. The van der Waals surface area contributed by atoms with Crippen LogP contribution < -0.4 is 5.73 Å². The summed E-state index contributed by atoms with van der Waals surface area (Å²) in [7, 11) is 0. The molecule has 0 aromatic heterocycles. The highest BCUT2D eigenvalue weighted by atomic mass is 16.2. The number of nitrogens with zero attached hydrogens (tertiary/aromatic N) is 2. The summed E-state index contributed by atoms with van der Waals surface area (Å²) in [5, 5.41) is 0. The summed E-state index contributed by atoms with van der Waals surface area (Å²) < 4.78 is 0. The third-order valence-corrected chi connectivity index (χ3v) is 5.40. The molecule has 2 saturated heterocycles. The van der Waals surface area contributed by atoms with Crippen molar-refractivity contribution in [2.24, 2.45) is 17.6 Å². The molecule has 2 rings (SSSR count). The molecule has 4 heteroatoms. The molecule has 2 heterocycles. The first-order chi connectivity index (χ1) is 10.1. The number of carbonyl (C=O) groups is 1. The van der Waals surface area contributed by atoms with Crippen molar-refractivity contribution in [3.05, 3.63) is 0 Å². The summed E-state index contributed by atoms with van der Waals surface area (Å²) in [6.45, 7) is 9.42. The van der Waals surface area contributed by atoms with E-state index < -0.39 is 0 Å². The number of amides is 1. The molecule has 2 unspecified atom stereocenters. The lowest BCUT2D eigenvalue weighted by molar-refractivity contribution is -0.135. The number of fused-ring (bicyclic) bond motifs is 1. The fourth-order valence-electron chi connectivity index (χ4n) is 3.87. The van der Waals surface area contributed by atoms with Crippen LogP contribution in [0.2, 0.25) is 0 Å². The summed E-state index contributed by atoms with van der Waals surface area (Å²) in [6.07, 6.45) is 6.68. The summed E-state index contributed by atoms with van der Waals surface area (Å²) in [4.78, 5) is 17.2. The van der Waals surface area contributed by atoms with Crippen LogP contribution in [0.1, 0.15) is 52.4 Å². The molecule has 2 N–H and O–H groups in total. The minimum Gasteiger partial charge on any atom is -0.340 e. The summed E-state index contributed by atoms with van der Waals surface area (Å²) >= 11 is 0. The van der Waals surface area contributed by atoms with Gasteiger partial charge in [0.1, 0.15) is 0 Å². The van der Waals surface area contributed by atoms with E-state index in [0.717, 1.165) is 39.0 Å². The van der Waals surface area contributed by atoms with E-state index in [9.17, 15) is 4.79 Å². The Kier molecular flexibility index (Phi) is 6.49. The quantitative estimate of drug-likeness (QED) is 0.816. The molecule has 2 fully saturated rings. The highest BCUT2D eigenvalue weighted by Gasteiger charge is 2.30. The van der Waals surface area contributed by atoms with Gasteiger partial charge in [-0.05, 0) is 50.6 Å². The minimum absolute atomic E-state index is 0.364. The first kappa shape index (κ1) is 16.8. The van der Waals surface area contributed by atoms with Crippen molar-refractivity contribution >= 4 is 5.91 Å². The van der Waals surface area contributed by atoms with Crippen molar-refractivity contribution in [2.75, 3.05) is 32.7 Å². The van der Waals surface area contributed by atoms with Gasteiger partial charge in [-0.2, -0.15) is 0 Å². The molecule has 0 bridgehead atoms. The smallest absolute Gasteiger partial charge is 0.222 e. The van der Waals surface area contributed by atoms with E-state index in [-0.39, 0.29) is 0 Å². The molecule has 122 valence electrons. The lowest BCUT2D eigenvalue weighted by Gasteiger charge is -2.44. The molecule has 0 spiro atoms. The maximum absolute atomic E-state index is 12.5. The Labute approximate surface area is 130 Å². The summed E-state index contributed by atoms with van der Waals surface area (Å²) in [5.41, 5.74) is 5.69. The molecule has 0 radical (unpaired) electrons. The van der Waals surface area contributed by atoms with E-state index in [1.807, 2.05) is 0 Å². The van der Waals surface area contributed by atoms with Gasteiger partial charge in [-0.15, -0.1) is 0 Å². The van der Waals surface area contributed by atoms with Crippen LogP contribution in [0.15, 0.2) is 0 Å². The monoisotopic (exact) mass is 295 g/mol. The number of piperidine rings is 1. The maximum Gasteiger partial charge on any atom is 0.222 e. The first-order valence-electron chi connectivity index (χ1n) is 8.83. The zero-order chi connectivity index (χ0) is 15.2. The molecule has 0 saturated carbocycles. The molecule has 21 heavy (non-hydrogen) atoms. The maximum atomic E-state index is 12.5. The molecular formula is C17H33N3O. The van der Waals surface area contributed by atoms with Crippen molar-refractivity contribution in [3.8, 4) is 0 Å². The van der Waals surface area contributed by atoms with E-state index in [4.69, 9.17) is 5.73 Å². The van der Waals surface area contributed by atoms with Gasteiger partial charge in [0.25, 0.3) is 0 Å². The van der Waals surface area contributed by atoms with Crippen LogP contribution in [0.25, 0.3) is 0 Å². The van der Waals surface area contributed by atoms with Gasteiger partial charge in [0, 0.05) is 32.1 Å². The Bertz CT molecular complexity index is 332. The Morgan fingerprint density at radius 2 is 2.00 bits per heavy atom. The number of carbonyl (C=O) groups excluding carboxylic acids is 1. The van der Waals surface area contributed by atoms with Crippen LogP contribution in [0, 0.1) is 11.8 Å². The predicted octanol–water partition coefficient (Wildman–Crippen LogP) is 2.08. The first-order valence-corrected chi connectivity index (χ1v) is 8.83. The van der Waals surface area contributed by atoms with Gasteiger partial charge >= 0.3 is 0 Å². The van der Waals surface area contributed by atoms with E-state index in [2.05, 4.69) is 23.6 Å². The van der Waals surface area contributed by atoms with E-state index in [0.29, 0.717) is 30.2 Å². The van der Waals surface area contributed by atoms with Crippen LogP contribution in [0.4, 0.5) is 0 Å². The lowest BCUT2D eigenvalue weighted by atomic mass is 9.88. The Morgan fingerprint density at radius 1 is 1.19 bits per heavy atom. The molecule has 4 nitrogen and oxygen atoms in total. The molecular weight excluding hydrogens is 262 g/mol. The van der Waals surface area contributed by atoms with Crippen LogP contribution in [-0.4, -0.2) is 54.5 Å². The zero-order valence-electron chi connectivity index (χ0n) is 13.9. The van der Waals surface area contributed by atoms with Crippen LogP contribution in [0.5, 0.6) is 0 Å². The number of piperazine rings is 1. The largest absolute Gasteiger partial charge is 0.340 e. The Hall–Kier alpha value is -0.610. The Morgan fingerprint density at radius 3 is 2.71 bits per heavy atom. The van der Waals surface area contributed by atoms with Crippen molar-refractivity contribution in [3.63, 3.8) is 0 Å². The summed E-state index contributed by atoms with van der Waals surface area (Å²) in [5.74, 6) is 1.58. The lowest BCUT2D eigenvalue weighted by Crippen LogP contribution is -2.56. The minimum atomic E-state index is 0.364. The number of hydrogen-bond donors (Lipinski definition) is 1. The molecule has 2 aliphatic rings. The molecule has 0 aliphatic carbocycles. The van der Waals surface area contributed by atoms with Crippen LogP contribution >= 0.6 is 0 Å². The highest BCUT2D eigenvalue weighted by Crippen LogP contribution is 2.24. The van der Waals surface area contributed by atoms with Gasteiger partial charge < -0.3 is 10.6 Å². The van der Waals surface area contributed by atoms with E-state index in [1.165, 1.54) is 25.8 Å². The number of hydrogen-bond acceptors (Lipinski definition) is 3. The van der Waals surface area contributed by atoms with E-state index >= 15 is 0 Å². The average Bonchev–Trinajstić information content (AvgIpc) is 2.50. The van der Waals surface area contributed by atoms with Gasteiger partial charge in [-0.25, -0.2) is 0 Å². The third kappa shape index (κ3) is 4.68. The molecule has 2 atom stereocenters. The SMILES string of the molecule is CC(C)C(CCN)CCC(=O)N1CCN2CCCCC2C1. The van der Waals surface area contributed by atoms with Crippen LogP contribution in [-0.2, 0) is 4.79 Å². The molecule has 2 aliphatic heterocycles. The van der Waals surface area contributed by atoms with Gasteiger partial charge in [-0.1, -0.05) is 20.3 Å². The molecule has 0 aromatic rings. The third-order valence-electron chi connectivity index (χ3n) is 5.40. The normalized spacial score (nSPS) is 25.0. The highest BCUT2D eigenvalue weighted by molar-refractivity contribution is 5.76. The summed E-state index contributed by atoms with van der Waals surface area (Å²) in [6, 6.07) is 0.626. The van der Waals surface area contributed by atoms with Crippen molar-refractivity contribution in [2.45, 2.75) is 58.4 Å². The van der Waals surface area contributed by atoms with Gasteiger partial charge in [0.2, 0.25) is 5.91 Å².